The maximum absolute atomic E-state index is 11.5. The van der Waals surface area contributed by atoms with Gasteiger partial charge < -0.3 is 4.90 Å². The molecule has 0 fully saturated rings. The lowest BCUT2D eigenvalue weighted by Crippen LogP contribution is -2.02. The summed E-state index contributed by atoms with van der Waals surface area (Å²) in [6.07, 6.45) is 0.643. The van der Waals surface area contributed by atoms with E-state index < -0.39 is 0 Å². The summed E-state index contributed by atoms with van der Waals surface area (Å²) in [5.74, 6) is 0.684. The van der Waals surface area contributed by atoms with Crippen LogP contribution in [-0.4, -0.2) is 31.8 Å². The average molecular weight is 221 g/mol. The Labute approximate surface area is 99.3 Å². The number of hydrogen-bond donors (Lipinski definition) is 0. The van der Waals surface area contributed by atoms with E-state index in [0.717, 1.165) is 5.56 Å². The molecule has 0 bridgehead atoms. The first-order valence-electron chi connectivity index (χ1n) is 5.62. The van der Waals surface area contributed by atoms with Crippen molar-refractivity contribution in [1.82, 2.24) is 4.90 Å². The fourth-order valence-electron chi connectivity index (χ4n) is 1.11. The van der Waals surface area contributed by atoms with Crippen molar-refractivity contribution in [3.8, 4) is 0 Å². The summed E-state index contributed by atoms with van der Waals surface area (Å²) in [6.45, 7) is 4.11. The van der Waals surface area contributed by atoms with Gasteiger partial charge in [-0.25, -0.2) is 0 Å². The van der Waals surface area contributed by atoms with E-state index in [9.17, 15) is 4.79 Å². The Balaban J connectivity index is 0.000000487. The topological polar surface area (TPSA) is 20.3 Å². The Bertz CT molecular complexity index is 288. The van der Waals surface area contributed by atoms with Gasteiger partial charge in [0, 0.05) is 12.0 Å². The summed E-state index contributed by atoms with van der Waals surface area (Å²) >= 11 is 0. The number of carbonyl (C=O) groups excluding carboxylic acids is 1. The van der Waals surface area contributed by atoms with Gasteiger partial charge in [0.15, 0.2) is 5.78 Å². The first kappa shape index (κ1) is 14.8. The molecule has 1 aromatic rings. The summed E-state index contributed by atoms with van der Waals surface area (Å²) in [5, 5.41) is 0. The van der Waals surface area contributed by atoms with Gasteiger partial charge in [0.2, 0.25) is 0 Å². The highest BCUT2D eigenvalue weighted by Crippen LogP contribution is 2.08. The molecule has 0 heterocycles. The minimum Gasteiger partial charge on any atom is -0.312 e. The van der Waals surface area contributed by atoms with Gasteiger partial charge in [-0.3, -0.25) is 4.79 Å². The normalized spacial score (nSPS) is 9.94. The third-order valence-electron chi connectivity index (χ3n) is 1.69. The zero-order valence-electron chi connectivity index (χ0n) is 11.0. The highest BCUT2D eigenvalue weighted by molar-refractivity contribution is 5.96. The van der Waals surface area contributed by atoms with E-state index in [1.165, 1.54) is 0 Å². The Morgan fingerprint density at radius 2 is 1.56 bits per heavy atom. The van der Waals surface area contributed by atoms with Gasteiger partial charge in [0.25, 0.3) is 0 Å². The third-order valence-corrected chi connectivity index (χ3v) is 1.69. The third kappa shape index (κ3) is 8.18. The lowest BCUT2D eigenvalue weighted by Gasteiger charge is -2.02. The lowest BCUT2D eigenvalue weighted by molar-refractivity contribution is 0.0968. The molecule has 90 valence electrons. The van der Waals surface area contributed by atoms with Gasteiger partial charge in [0.1, 0.15) is 0 Å². The van der Waals surface area contributed by atoms with E-state index >= 15 is 0 Å². The number of benzene rings is 1. The van der Waals surface area contributed by atoms with Crippen LogP contribution in [0.3, 0.4) is 0 Å². The molecule has 1 rings (SSSR count). The largest absolute Gasteiger partial charge is 0.312 e. The van der Waals surface area contributed by atoms with Crippen LogP contribution in [0.25, 0.3) is 0 Å². The molecular weight excluding hydrogens is 198 g/mol. The van der Waals surface area contributed by atoms with Gasteiger partial charge in [0.05, 0.1) is 0 Å². The van der Waals surface area contributed by atoms with Crippen molar-refractivity contribution in [1.29, 1.82) is 0 Å². The van der Waals surface area contributed by atoms with Crippen molar-refractivity contribution >= 4 is 5.78 Å². The molecule has 2 heteroatoms. The van der Waals surface area contributed by atoms with E-state index in [1.807, 2.05) is 56.4 Å². The molecule has 0 atom stereocenters. The van der Waals surface area contributed by atoms with Crippen molar-refractivity contribution in [2.75, 3.05) is 21.1 Å². The zero-order chi connectivity index (χ0) is 12.6. The van der Waals surface area contributed by atoms with Gasteiger partial charge >= 0.3 is 0 Å². The standard InChI is InChI=1S/C11H14O.C3H9N/c1-9(2)8-11(12)10-6-4-3-5-7-10;1-4(2)3/h3-7,9H,8H2,1-2H3;1-3H3. The molecule has 0 aliphatic heterocycles. The predicted molar refractivity (Wildman–Crippen MR) is 69.8 cm³/mol. The van der Waals surface area contributed by atoms with Gasteiger partial charge in [-0.2, -0.15) is 0 Å². The molecule has 0 aromatic heterocycles. The number of Topliss-reactive ketones (excluding diaryl/α,β-unsaturated/α-hetero) is 1. The van der Waals surface area contributed by atoms with Crippen LogP contribution in [0.4, 0.5) is 0 Å². The maximum Gasteiger partial charge on any atom is 0.163 e. The van der Waals surface area contributed by atoms with Crippen LogP contribution in [0.5, 0.6) is 0 Å². The van der Waals surface area contributed by atoms with Crippen LogP contribution in [-0.2, 0) is 0 Å². The summed E-state index contributed by atoms with van der Waals surface area (Å²) in [7, 11) is 6.00. The molecule has 2 nitrogen and oxygen atoms in total. The number of ketones is 1. The van der Waals surface area contributed by atoms with Crippen molar-refractivity contribution in [2.24, 2.45) is 5.92 Å². The molecule has 1 aromatic carbocycles. The van der Waals surface area contributed by atoms with E-state index in [0.29, 0.717) is 12.3 Å². The molecule has 0 unspecified atom stereocenters. The maximum atomic E-state index is 11.5. The predicted octanol–water partition coefficient (Wildman–Crippen LogP) is 3.09. The van der Waals surface area contributed by atoms with Crippen molar-refractivity contribution in [3.05, 3.63) is 35.9 Å². The second-order valence-electron chi connectivity index (χ2n) is 4.73. The quantitative estimate of drug-likeness (QED) is 0.731. The number of rotatable bonds is 3. The number of nitrogens with zero attached hydrogens (tertiary/aromatic N) is 1. The van der Waals surface area contributed by atoms with Crippen LogP contribution >= 0.6 is 0 Å². The summed E-state index contributed by atoms with van der Waals surface area (Å²) < 4.78 is 0. The highest BCUT2D eigenvalue weighted by atomic mass is 16.1. The molecular formula is C14H23NO. The average Bonchev–Trinajstić information content (AvgIpc) is 2.17. The molecule has 16 heavy (non-hydrogen) atoms. The van der Waals surface area contributed by atoms with E-state index in [-0.39, 0.29) is 5.78 Å². The second-order valence-corrected chi connectivity index (χ2v) is 4.73. The van der Waals surface area contributed by atoms with Gasteiger partial charge in [-0.05, 0) is 27.1 Å². The molecule has 0 N–H and O–H groups in total. The van der Waals surface area contributed by atoms with E-state index in [2.05, 4.69) is 13.8 Å². The molecule has 0 spiro atoms. The van der Waals surface area contributed by atoms with Crippen LogP contribution in [0.2, 0.25) is 0 Å². The van der Waals surface area contributed by atoms with Crippen LogP contribution in [0, 0.1) is 5.92 Å². The SMILES string of the molecule is CC(C)CC(=O)c1ccccc1.CN(C)C. The molecule has 0 radical (unpaired) electrons. The van der Waals surface area contributed by atoms with E-state index in [4.69, 9.17) is 0 Å². The first-order valence-corrected chi connectivity index (χ1v) is 5.62. The Kier molecular flexibility index (Phi) is 7.48. The number of hydrogen-bond acceptors (Lipinski definition) is 2. The molecule has 0 aliphatic rings. The minimum atomic E-state index is 0.241. The van der Waals surface area contributed by atoms with Crippen molar-refractivity contribution in [2.45, 2.75) is 20.3 Å². The molecule has 0 amide bonds. The van der Waals surface area contributed by atoms with Crippen LogP contribution in [0.1, 0.15) is 30.6 Å². The summed E-state index contributed by atoms with van der Waals surface area (Å²) in [5.41, 5.74) is 0.825. The van der Waals surface area contributed by atoms with Gasteiger partial charge in [-0.15, -0.1) is 0 Å². The molecule has 0 saturated carbocycles. The van der Waals surface area contributed by atoms with E-state index in [1.54, 1.807) is 0 Å². The zero-order valence-corrected chi connectivity index (χ0v) is 11.0. The lowest BCUT2D eigenvalue weighted by atomic mass is 10.0. The summed E-state index contributed by atoms with van der Waals surface area (Å²) in [4.78, 5) is 13.5. The monoisotopic (exact) mass is 221 g/mol. The Hall–Kier alpha value is -1.15. The first-order chi connectivity index (χ1) is 7.43. The fourth-order valence-corrected chi connectivity index (χ4v) is 1.11. The van der Waals surface area contributed by atoms with Gasteiger partial charge in [-0.1, -0.05) is 44.2 Å². The van der Waals surface area contributed by atoms with Crippen molar-refractivity contribution < 1.29 is 4.79 Å². The van der Waals surface area contributed by atoms with Crippen LogP contribution < -0.4 is 0 Å². The summed E-state index contributed by atoms with van der Waals surface area (Å²) in [6, 6.07) is 9.45. The van der Waals surface area contributed by atoms with Crippen LogP contribution in [0.15, 0.2) is 30.3 Å². The molecule has 0 aliphatic carbocycles. The Morgan fingerprint density at radius 3 is 1.94 bits per heavy atom. The number of carbonyl (C=O) groups is 1. The molecule has 0 saturated heterocycles. The smallest absolute Gasteiger partial charge is 0.163 e. The fraction of sp³-hybridized carbons (Fsp3) is 0.500. The minimum absolute atomic E-state index is 0.241. The van der Waals surface area contributed by atoms with Crippen molar-refractivity contribution in [3.63, 3.8) is 0 Å². The second kappa shape index (κ2) is 8.05. The Morgan fingerprint density at radius 1 is 1.12 bits per heavy atom. The highest BCUT2D eigenvalue weighted by Gasteiger charge is 2.06.